The Balaban J connectivity index is 1.87. The van der Waals surface area contributed by atoms with Crippen molar-refractivity contribution in [1.82, 2.24) is 19.7 Å². The summed E-state index contributed by atoms with van der Waals surface area (Å²) in [5.74, 6) is 2.04. The first kappa shape index (κ1) is 21.5. The second kappa shape index (κ2) is 10.5. The summed E-state index contributed by atoms with van der Waals surface area (Å²) in [4.78, 5) is 16.6. The molecular formula is C21H31N5O2S. The topological polar surface area (TPSA) is 63.5 Å². The predicted molar refractivity (Wildman–Crippen MR) is 117 cm³/mol. The van der Waals surface area contributed by atoms with Crippen LogP contribution in [0.2, 0.25) is 0 Å². The summed E-state index contributed by atoms with van der Waals surface area (Å²) < 4.78 is 7.63. The van der Waals surface area contributed by atoms with Gasteiger partial charge in [0.1, 0.15) is 5.75 Å². The van der Waals surface area contributed by atoms with E-state index in [4.69, 9.17) is 4.74 Å². The number of carbonyl (C=O) groups is 1. The van der Waals surface area contributed by atoms with Crippen LogP contribution in [0.5, 0.6) is 5.75 Å². The second-order valence-corrected chi connectivity index (χ2v) is 8.24. The van der Waals surface area contributed by atoms with Crippen molar-refractivity contribution in [2.45, 2.75) is 44.2 Å². The van der Waals surface area contributed by atoms with Crippen molar-refractivity contribution in [3.63, 3.8) is 0 Å². The van der Waals surface area contributed by atoms with Crippen molar-refractivity contribution in [1.29, 1.82) is 0 Å². The molecule has 158 valence electrons. The third kappa shape index (κ3) is 5.23. The molecule has 0 aliphatic carbocycles. The normalized spacial score (nSPS) is 14.1. The average Bonchev–Trinajstić information content (AvgIpc) is 3.20. The lowest BCUT2D eigenvalue weighted by atomic mass is 10.1. The van der Waals surface area contributed by atoms with Crippen LogP contribution in [0.1, 0.15) is 39.0 Å². The van der Waals surface area contributed by atoms with Crippen LogP contribution in [0, 0.1) is 0 Å². The Kier molecular flexibility index (Phi) is 7.80. The maximum atomic E-state index is 12.5. The summed E-state index contributed by atoms with van der Waals surface area (Å²) in [6.07, 6.45) is 5.65. The molecule has 2 aromatic rings. The van der Waals surface area contributed by atoms with E-state index in [1.54, 1.807) is 12.0 Å². The fourth-order valence-electron chi connectivity index (χ4n) is 3.44. The van der Waals surface area contributed by atoms with Gasteiger partial charge in [0, 0.05) is 26.7 Å². The lowest BCUT2D eigenvalue weighted by Gasteiger charge is -2.28. The van der Waals surface area contributed by atoms with E-state index in [9.17, 15) is 4.79 Å². The molecule has 3 rings (SSSR count). The minimum atomic E-state index is 0.109. The first-order valence-electron chi connectivity index (χ1n) is 10.4. The first-order chi connectivity index (χ1) is 14.2. The number of ether oxygens (including phenoxy) is 1. The Hall–Kier alpha value is -2.22. The van der Waals surface area contributed by atoms with E-state index in [-0.39, 0.29) is 5.91 Å². The zero-order chi connectivity index (χ0) is 20.6. The Labute approximate surface area is 177 Å². The molecule has 0 unspecified atom stereocenters. The molecule has 8 heteroatoms. The molecule has 29 heavy (non-hydrogen) atoms. The number of benzene rings is 1. The van der Waals surface area contributed by atoms with Gasteiger partial charge in [0.15, 0.2) is 5.16 Å². The number of amides is 1. The van der Waals surface area contributed by atoms with Crippen LogP contribution < -0.4 is 9.64 Å². The molecular weight excluding hydrogens is 386 g/mol. The number of anilines is 1. The molecule has 7 nitrogen and oxygen atoms in total. The molecule has 1 aliphatic rings. The zero-order valence-electron chi connectivity index (χ0n) is 17.6. The number of para-hydroxylation sites is 2. The van der Waals surface area contributed by atoms with Gasteiger partial charge in [-0.2, -0.15) is 0 Å². The highest BCUT2D eigenvalue weighted by atomic mass is 32.2. The van der Waals surface area contributed by atoms with Crippen molar-refractivity contribution in [2.75, 3.05) is 44.4 Å². The van der Waals surface area contributed by atoms with Gasteiger partial charge in [-0.05, 0) is 37.8 Å². The minimum absolute atomic E-state index is 0.109. The molecule has 1 aromatic carbocycles. The van der Waals surface area contributed by atoms with E-state index >= 15 is 0 Å². The molecule has 0 radical (unpaired) electrons. The standard InChI is InChI=1S/C21H31N5O2S/c1-4-5-13-24(2)19(27)16-29-21-23-22-20(25-14-9-6-10-15-25)26(21)17-11-7-8-12-18(17)28-3/h7-8,11-12H,4-6,9-10,13-16H2,1-3H3. The zero-order valence-corrected chi connectivity index (χ0v) is 18.5. The van der Waals surface area contributed by atoms with E-state index in [0.29, 0.717) is 10.9 Å². The van der Waals surface area contributed by atoms with Crippen LogP contribution in [0.4, 0.5) is 5.95 Å². The van der Waals surface area contributed by atoms with Gasteiger partial charge in [-0.15, -0.1) is 10.2 Å². The first-order valence-corrected chi connectivity index (χ1v) is 11.3. The number of thioether (sulfide) groups is 1. The van der Waals surface area contributed by atoms with Gasteiger partial charge >= 0.3 is 0 Å². The highest BCUT2D eigenvalue weighted by Gasteiger charge is 2.24. The molecule has 0 spiro atoms. The highest BCUT2D eigenvalue weighted by molar-refractivity contribution is 7.99. The number of hydrogen-bond donors (Lipinski definition) is 0. The monoisotopic (exact) mass is 417 g/mol. The fraction of sp³-hybridized carbons (Fsp3) is 0.571. The summed E-state index contributed by atoms with van der Waals surface area (Å²) in [5.41, 5.74) is 0.898. The quantitative estimate of drug-likeness (QED) is 0.581. The molecule has 1 fully saturated rings. The predicted octanol–water partition coefficient (Wildman–Crippen LogP) is 3.62. The van der Waals surface area contributed by atoms with Crippen LogP contribution in [0.25, 0.3) is 5.69 Å². The van der Waals surface area contributed by atoms with Gasteiger partial charge in [0.2, 0.25) is 11.9 Å². The molecule has 2 heterocycles. The SMILES string of the molecule is CCCCN(C)C(=O)CSc1nnc(N2CCCCC2)n1-c1ccccc1OC. The van der Waals surface area contributed by atoms with Crippen molar-refractivity contribution >= 4 is 23.6 Å². The van der Waals surface area contributed by atoms with Crippen molar-refractivity contribution < 1.29 is 9.53 Å². The van der Waals surface area contributed by atoms with Crippen LogP contribution >= 0.6 is 11.8 Å². The molecule has 1 amide bonds. The summed E-state index contributed by atoms with van der Waals surface area (Å²) in [7, 11) is 3.53. The number of aromatic nitrogens is 3. The van der Waals surface area contributed by atoms with Crippen LogP contribution in [0.15, 0.2) is 29.4 Å². The lowest BCUT2D eigenvalue weighted by Crippen LogP contribution is -2.32. The van der Waals surface area contributed by atoms with E-state index in [2.05, 4.69) is 22.0 Å². The highest BCUT2D eigenvalue weighted by Crippen LogP contribution is 2.32. The lowest BCUT2D eigenvalue weighted by molar-refractivity contribution is -0.127. The molecule has 0 saturated carbocycles. The van der Waals surface area contributed by atoms with Crippen LogP contribution in [-0.2, 0) is 4.79 Å². The van der Waals surface area contributed by atoms with Gasteiger partial charge < -0.3 is 14.5 Å². The number of carbonyl (C=O) groups excluding carboxylic acids is 1. The second-order valence-electron chi connectivity index (χ2n) is 7.30. The molecule has 1 saturated heterocycles. The average molecular weight is 418 g/mol. The molecule has 0 atom stereocenters. The number of rotatable bonds is 9. The Morgan fingerprint density at radius 3 is 2.69 bits per heavy atom. The Morgan fingerprint density at radius 2 is 1.97 bits per heavy atom. The largest absolute Gasteiger partial charge is 0.495 e. The van der Waals surface area contributed by atoms with Crippen LogP contribution in [0.3, 0.4) is 0 Å². The molecule has 0 N–H and O–H groups in total. The number of piperidine rings is 1. The third-order valence-electron chi connectivity index (χ3n) is 5.18. The summed E-state index contributed by atoms with van der Waals surface area (Å²) in [6, 6.07) is 7.88. The number of unbranched alkanes of at least 4 members (excludes halogenated alkanes) is 1. The Morgan fingerprint density at radius 1 is 1.21 bits per heavy atom. The van der Waals surface area contributed by atoms with Gasteiger partial charge in [0.05, 0.1) is 18.6 Å². The van der Waals surface area contributed by atoms with Gasteiger partial charge in [-0.1, -0.05) is 37.2 Å². The van der Waals surface area contributed by atoms with Gasteiger partial charge in [-0.3, -0.25) is 9.36 Å². The summed E-state index contributed by atoms with van der Waals surface area (Å²) >= 11 is 1.43. The van der Waals surface area contributed by atoms with Crippen molar-refractivity contribution in [2.24, 2.45) is 0 Å². The van der Waals surface area contributed by atoms with Gasteiger partial charge in [-0.25, -0.2) is 0 Å². The molecule has 0 bridgehead atoms. The molecule has 1 aromatic heterocycles. The minimum Gasteiger partial charge on any atom is -0.495 e. The van der Waals surface area contributed by atoms with Crippen molar-refractivity contribution in [3.8, 4) is 11.4 Å². The summed E-state index contributed by atoms with van der Waals surface area (Å²) in [6.45, 7) is 4.85. The fourth-order valence-corrected chi connectivity index (χ4v) is 4.32. The number of nitrogens with zero attached hydrogens (tertiary/aromatic N) is 5. The van der Waals surface area contributed by atoms with Gasteiger partial charge in [0.25, 0.3) is 0 Å². The number of hydrogen-bond acceptors (Lipinski definition) is 6. The van der Waals surface area contributed by atoms with Crippen LogP contribution in [-0.4, -0.2) is 65.1 Å². The third-order valence-corrected chi connectivity index (χ3v) is 6.09. The smallest absolute Gasteiger partial charge is 0.232 e. The maximum Gasteiger partial charge on any atom is 0.232 e. The van der Waals surface area contributed by atoms with E-state index in [0.717, 1.165) is 62.7 Å². The van der Waals surface area contributed by atoms with E-state index < -0.39 is 0 Å². The molecule has 1 aliphatic heterocycles. The Bertz CT molecular complexity index is 804. The van der Waals surface area contributed by atoms with E-state index in [1.807, 2.05) is 35.9 Å². The number of methoxy groups -OCH3 is 1. The van der Waals surface area contributed by atoms with Crippen molar-refractivity contribution in [3.05, 3.63) is 24.3 Å². The van der Waals surface area contributed by atoms with E-state index in [1.165, 1.54) is 18.2 Å². The maximum absolute atomic E-state index is 12.5. The summed E-state index contributed by atoms with van der Waals surface area (Å²) in [5, 5.41) is 9.66.